The third-order valence-electron chi connectivity index (χ3n) is 11.0. The molecule has 1 aliphatic heterocycles. The first-order chi connectivity index (χ1) is 28.8. The maximum atomic E-state index is 14.0. The zero-order chi connectivity index (χ0) is 44.0. The fourth-order valence-corrected chi connectivity index (χ4v) is 10.8. The number of rotatable bonds is 16. The fraction of sp³-hybridized carbons (Fsp3) is 0.386. The summed E-state index contributed by atoms with van der Waals surface area (Å²) in [6.07, 6.45) is 3.57. The van der Waals surface area contributed by atoms with E-state index in [-0.39, 0.29) is 11.0 Å². The molecule has 1 fully saturated rings. The second-order valence-corrected chi connectivity index (χ2v) is 21.3. The van der Waals surface area contributed by atoms with Crippen molar-refractivity contribution in [2.75, 3.05) is 62.3 Å². The van der Waals surface area contributed by atoms with Gasteiger partial charge in [0, 0.05) is 65.7 Å². The summed E-state index contributed by atoms with van der Waals surface area (Å²) < 4.78 is 96.5. The van der Waals surface area contributed by atoms with Crippen molar-refractivity contribution < 1.29 is 34.8 Å². The van der Waals surface area contributed by atoms with Crippen molar-refractivity contribution >= 4 is 66.1 Å². The van der Waals surface area contributed by atoms with E-state index in [0.29, 0.717) is 29.8 Å². The van der Waals surface area contributed by atoms with E-state index in [1.807, 2.05) is 47.2 Å². The highest BCUT2D eigenvalue weighted by Crippen LogP contribution is 2.43. The summed E-state index contributed by atoms with van der Waals surface area (Å²) in [4.78, 5) is 16.7. The number of hydrogen-bond acceptors (Lipinski definition) is 10. The van der Waals surface area contributed by atoms with Gasteiger partial charge < -0.3 is 15.5 Å². The number of piperazine rings is 1. The molecule has 1 aliphatic carbocycles. The summed E-state index contributed by atoms with van der Waals surface area (Å²) in [5, 5.41) is 6.60. The van der Waals surface area contributed by atoms with Crippen LogP contribution in [0.15, 0.2) is 117 Å². The molecule has 0 bridgehead atoms. The van der Waals surface area contributed by atoms with Crippen LogP contribution in [0.1, 0.15) is 55.5 Å². The van der Waals surface area contributed by atoms with E-state index in [9.17, 15) is 34.8 Å². The Kier molecular flexibility index (Phi) is 14.9. The average molecular weight is 919 g/mol. The number of nitrogens with zero attached hydrogens (tertiary/aromatic N) is 2. The van der Waals surface area contributed by atoms with Gasteiger partial charge in [-0.2, -0.15) is 13.2 Å². The molecular weight excluding hydrogens is 867 g/mol. The first-order valence-corrected chi connectivity index (χ1v) is 24.3. The smallest absolute Gasteiger partial charge is 0.380 e. The van der Waals surface area contributed by atoms with Gasteiger partial charge in [0.25, 0.3) is 25.8 Å². The Morgan fingerprint density at radius 2 is 1.57 bits per heavy atom. The van der Waals surface area contributed by atoms with Gasteiger partial charge >= 0.3 is 5.51 Å². The van der Waals surface area contributed by atoms with Crippen LogP contribution in [0, 0.1) is 5.41 Å². The van der Waals surface area contributed by atoms with E-state index in [4.69, 9.17) is 11.6 Å². The predicted molar refractivity (Wildman–Crippen MR) is 239 cm³/mol. The maximum absolute atomic E-state index is 14.0. The van der Waals surface area contributed by atoms with Gasteiger partial charge in [0.05, 0.1) is 10.6 Å². The van der Waals surface area contributed by atoms with Gasteiger partial charge in [-0.15, -0.1) is 11.8 Å². The number of halogens is 4. The van der Waals surface area contributed by atoms with E-state index in [0.717, 1.165) is 74.7 Å². The number of carbonyl (C=O) groups excluding carboxylic acids is 1. The first kappa shape index (κ1) is 46.4. The molecule has 0 spiro atoms. The number of amides is 1. The van der Waals surface area contributed by atoms with E-state index >= 15 is 0 Å². The standard InChI is InChI=1S/C44H51ClF3N5O5S3/c1-43(2)21-19-39(31-9-13-34(45)14-10-31)33(28-43)29-52-23-25-53(26-24-52)36-15-11-32(12-16-36)42(54)51-61(57,58)38-17-18-40(41(27-38)60(55,56)44(46,47)48)50-35(20-22-49-3)30-59-37-7-5-4-6-8-37/h4-18,27,35,49-50H,19-26,28-30H2,1-3H3,(H,51,54). The Hall–Kier alpha value is -4.06. The number of nitrogens with one attached hydrogen (secondary N) is 3. The molecule has 328 valence electrons. The number of hydrogen-bond donors (Lipinski definition) is 3. The minimum Gasteiger partial charge on any atom is -0.380 e. The number of alkyl halides is 3. The molecule has 17 heteroatoms. The number of sulfonamides is 1. The molecule has 3 N–H and O–H groups in total. The zero-order valence-corrected chi connectivity index (χ0v) is 37.5. The van der Waals surface area contributed by atoms with Crippen molar-refractivity contribution in [3.63, 3.8) is 0 Å². The van der Waals surface area contributed by atoms with Gasteiger partial charge in [-0.05, 0) is 123 Å². The average Bonchev–Trinajstić information content (AvgIpc) is 3.22. The van der Waals surface area contributed by atoms with Crippen LogP contribution in [-0.2, 0) is 19.9 Å². The first-order valence-electron chi connectivity index (χ1n) is 20.0. The normalized spacial score (nSPS) is 16.9. The highest BCUT2D eigenvalue weighted by molar-refractivity contribution is 7.99. The molecule has 1 unspecified atom stereocenters. The molecule has 1 amide bonds. The Morgan fingerprint density at radius 3 is 2.21 bits per heavy atom. The van der Waals surface area contributed by atoms with Crippen LogP contribution in [0.5, 0.6) is 0 Å². The van der Waals surface area contributed by atoms with Crippen molar-refractivity contribution in [3.05, 3.63) is 119 Å². The quantitative estimate of drug-likeness (QED) is 0.0940. The third kappa shape index (κ3) is 11.9. The molecule has 1 saturated heterocycles. The SMILES string of the molecule is CNCCC(CSc1ccccc1)Nc1ccc(S(=O)(=O)NC(=O)c2ccc(N3CCN(CC4=C(c5ccc(Cl)cc5)CCC(C)(C)C4)CC3)cc2)cc1S(=O)(=O)C(F)(F)F. The zero-order valence-electron chi connectivity index (χ0n) is 34.3. The molecule has 10 nitrogen and oxygen atoms in total. The summed E-state index contributed by atoms with van der Waals surface area (Å²) >= 11 is 7.61. The summed E-state index contributed by atoms with van der Waals surface area (Å²) in [6, 6.07) is 25.6. The summed E-state index contributed by atoms with van der Waals surface area (Å²) in [6.45, 7) is 9.09. The molecule has 0 saturated carbocycles. The topological polar surface area (TPSA) is 128 Å². The largest absolute Gasteiger partial charge is 0.501 e. The number of carbonyl (C=O) groups is 1. The fourth-order valence-electron chi connectivity index (χ4n) is 7.65. The van der Waals surface area contributed by atoms with Crippen molar-refractivity contribution in [2.45, 2.75) is 65.8 Å². The maximum Gasteiger partial charge on any atom is 0.501 e. The number of sulfone groups is 1. The van der Waals surface area contributed by atoms with Gasteiger partial charge in [-0.1, -0.05) is 61.4 Å². The number of benzene rings is 4. The summed E-state index contributed by atoms with van der Waals surface area (Å²) in [5.41, 5.74) is -1.01. The minimum atomic E-state index is -6.03. The van der Waals surface area contributed by atoms with Crippen LogP contribution in [0.2, 0.25) is 5.02 Å². The Bertz CT molecular complexity index is 2410. The number of thioether (sulfide) groups is 1. The third-order valence-corrected chi connectivity index (χ3v) is 15.3. The van der Waals surface area contributed by atoms with Crippen LogP contribution in [-0.4, -0.2) is 91.3 Å². The number of allylic oxidation sites excluding steroid dienone is 1. The lowest BCUT2D eigenvalue weighted by molar-refractivity contribution is -0.0435. The van der Waals surface area contributed by atoms with Crippen molar-refractivity contribution in [1.29, 1.82) is 0 Å². The van der Waals surface area contributed by atoms with Crippen molar-refractivity contribution in [1.82, 2.24) is 14.9 Å². The Balaban J connectivity index is 1.12. The van der Waals surface area contributed by atoms with Gasteiger partial charge in [0.1, 0.15) is 4.90 Å². The molecule has 1 atom stereocenters. The molecule has 4 aromatic carbocycles. The van der Waals surface area contributed by atoms with Gasteiger partial charge in [-0.25, -0.2) is 21.6 Å². The van der Waals surface area contributed by atoms with Crippen LogP contribution in [0.4, 0.5) is 24.5 Å². The Labute approximate surface area is 366 Å². The lowest BCUT2D eigenvalue weighted by Crippen LogP contribution is -2.47. The lowest BCUT2D eigenvalue weighted by atomic mass is 9.73. The molecule has 2 aliphatic rings. The van der Waals surface area contributed by atoms with E-state index in [2.05, 4.69) is 46.4 Å². The molecule has 0 radical (unpaired) electrons. The second-order valence-electron chi connectivity index (χ2n) is 16.1. The van der Waals surface area contributed by atoms with Gasteiger partial charge in [0.2, 0.25) is 0 Å². The second kappa shape index (κ2) is 19.5. The molecule has 0 aromatic heterocycles. The van der Waals surface area contributed by atoms with E-state index in [1.165, 1.54) is 40.6 Å². The number of anilines is 2. The van der Waals surface area contributed by atoms with E-state index < -0.39 is 52.8 Å². The van der Waals surface area contributed by atoms with Gasteiger partial charge in [-0.3, -0.25) is 9.69 Å². The Morgan fingerprint density at radius 1 is 0.902 bits per heavy atom. The van der Waals surface area contributed by atoms with Crippen LogP contribution < -0.4 is 20.3 Å². The van der Waals surface area contributed by atoms with E-state index in [1.54, 1.807) is 19.2 Å². The molecule has 61 heavy (non-hydrogen) atoms. The highest BCUT2D eigenvalue weighted by atomic mass is 35.5. The van der Waals surface area contributed by atoms with Crippen LogP contribution >= 0.6 is 23.4 Å². The lowest BCUT2D eigenvalue weighted by Gasteiger charge is -2.39. The monoisotopic (exact) mass is 917 g/mol. The molecular formula is C44H51ClF3N5O5S3. The summed E-state index contributed by atoms with van der Waals surface area (Å²) in [5.74, 6) is -0.657. The summed E-state index contributed by atoms with van der Waals surface area (Å²) in [7, 11) is -9.14. The predicted octanol–water partition coefficient (Wildman–Crippen LogP) is 8.72. The molecule has 4 aromatic rings. The molecule has 1 heterocycles. The molecule has 6 rings (SSSR count). The van der Waals surface area contributed by atoms with Crippen LogP contribution in [0.3, 0.4) is 0 Å². The minimum absolute atomic E-state index is 0.00254. The van der Waals surface area contributed by atoms with Crippen molar-refractivity contribution in [3.8, 4) is 0 Å². The van der Waals surface area contributed by atoms with Crippen LogP contribution in [0.25, 0.3) is 5.57 Å². The van der Waals surface area contributed by atoms with Gasteiger partial charge in [0.15, 0.2) is 0 Å². The van der Waals surface area contributed by atoms with Crippen molar-refractivity contribution in [2.24, 2.45) is 5.41 Å². The highest BCUT2D eigenvalue weighted by Gasteiger charge is 2.48.